The van der Waals surface area contributed by atoms with Gasteiger partial charge in [0, 0.05) is 19.6 Å². The topological polar surface area (TPSA) is 56.7 Å². The van der Waals surface area contributed by atoms with Crippen molar-refractivity contribution in [1.29, 1.82) is 0 Å². The van der Waals surface area contributed by atoms with E-state index in [9.17, 15) is 18.0 Å². The predicted molar refractivity (Wildman–Crippen MR) is 90.9 cm³/mol. The van der Waals surface area contributed by atoms with E-state index in [0.29, 0.717) is 12.5 Å². The van der Waals surface area contributed by atoms with Crippen LogP contribution >= 0.6 is 0 Å². The standard InChI is InChI=1S/C17H23F3N4O/c1-4-21-16(24-8-7-17(2,3)10-24)22-9-13(25)23-12-6-5-11(18)14(19)15(12)20/h5-6H,4,7-10H2,1-3H3,(H,21,22)(H,23,25). The van der Waals surface area contributed by atoms with Crippen molar-refractivity contribution in [2.45, 2.75) is 27.2 Å². The van der Waals surface area contributed by atoms with Crippen LogP contribution in [-0.4, -0.2) is 42.9 Å². The van der Waals surface area contributed by atoms with E-state index in [1.807, 2.05) is 6.92 Å². The van der Waals surface area contributed by atoms with Gasteiger partial charge >= 0.3 is 0 Å². The third-order valence-corrected chi connectivity index (χ3v) is 3.99. The minimum atomic E-state index is -1.62. The highest BCUT2D eigenvalue weighted by Crippen LogP contribution is 2.28. The fourth-order valence-electron chi connectivity index (χ4n) is 2.68. The van der Waals surface area contributed by atoms with E-state index < -0.39 is 29.0 Å². The molecule has 1 aliphatic heterocycles. The van der Waals surface area contributed by atoms with Crippen molar-refractivity contribution in [3.63, 3.8) is 0 Å². The van der Waals surface area contributed by atoms with Crippen LogP contribution in [-0.2, 0) is 4.79 Å². The smallest absolute Gasteiger partial charge is 0.246 e. The third-order valence-electron chi connectivity index (χ3n) is 3.99. The molecule has 0 bridgehead atoms. The Labute approximate surface area is 145 Å². The van der Waals surface area contributed by atoms with Gasteiger partial charge in [-0.3, -0.25) is 4.79 Å². The van der Waals surface area contributed by atoms with Gasteiger partial charge in [-0.2, -0.15) is 0 Å². The Hall–Kier alpha value is -2.25. The Kier molecular flexibility index (Phi) is 5.92. The average molecular weight is 356 g/mol. The average Bonchev–Trinajstić information content (AvgIpc) is 2.92. The highest BCUT2D eigenvalue weighted by atomic mass is 19.2. The van der Waals surface area contributed by atoms with E-state index in [2.05, 4.69) is 34.4 Å². The molecule has 0 aliphatic carbocycles. The fraction of sp³-hybridized carbons (Fsp3) is 0.529. The van der Waals surface area contributed by atoms with Crippen molar-refractivity contribution < 1.29 is 18.0 Å². The number of guanidine groups is 1. The lowest BCUT2D eigenvalue weighted by molar-refractivity contribution is -0.114. The molecule has 1 aliphatic rings. The molecular weight excluding hydrogens is 333 g/mol. The first-order valence-electron chi connectivity index (χ1n) is 8.20. The van der Waals surface area contributed by atoms with Gasteiger partial charge in [0.15, 0.2) is 23.4 Å². The van der Waals surface area contributed by atoms with Gasteiger partial charge in [-0.1, -0.05) is 13.8 Å². The van der Waals surface area contributed by atoms with E-state index >= 15 is 0 Å². The Balaban J connectivity index is 2.03. The molecule has 1 fully saturated rings. The van der Waals surface area contributed by atoms with E-state index in [1.165, 1.54) is 0 Å². The molecule has 2 rings (SSSR count). The molecule has 0 atom stereocenters. The van der Waals surface area contributed by atoms with Gasteiger partial charge in [0.25, 0.3) is 0 Å². The van der Waals surface area contributed by atoms with E-state index in [4.69, 9.17) is 0 Å². The number of likely N-dealkylation sites (tertiary alicyclic amines) is 1. The summed E-state index contributed by atoms with van der Waals surface area (Å²) in [6, 6.07) is 1.73. The summed E-state index contributed by atoms with van der Waals surface area (Å²) in [6.45, 7) is 8.29. The quantitative estimate of drug-likeness (QED) is 0.496. The molecule has 0 radical (unpaired) electrons. The number of carbonyl (C=O) groups excluding carboxylic acids is 1. The highest BCUT2D eigenvalue weighted by Gasteiger charge is 2.30. The van der Waals surface area contributed by atoms with Crippen LogP contribution in [0.15, 0.2) is 17.1 Å². The Morgan fingerprint density at radius 3 is 2.60 bits per heavy atom. The molecule has 25 heavy (non-hydrogen) atoms. The first-order chi connectivity index (χ1) is 11.7. The highest BCUT2D eigenvalue weighted by molar-refractivity contribution is 5.94. The normalized spacial score (nSPS) is 16.9. The monoisotopic (exact) mass is 356 g/mol. The molecule has 0 spiro atoms. The van der Waals surface area contributed by atoms with Gasteiger partial charge in [0.05, 0.1) is 5.69 Å². The van der Waals surface area contributed by atoms with Crippen molar-refractivity contribution >= 4 is 17.6 Å². The minimum Gasteiger partial charge on any atom is -0.357 e. The number of rotatable bonds is 4. The summed E-state index contributed by atoms with van der Waals surface area (Å²) in [4.78, 5) is 18.3. The molecule has 1 heterocycles. The molecule has 138 valence electrons. The van der Waals surface area contributed by atoms with Crippen molar-refractivity contribution in [2.75, 3.05) is 31.5 Å². The molecule has 0 saturated carbocycles. The van der Waals surface area contributed by atoms with Crippen LogP contribution in [0.1, 0.15) is 27.2 Å². The van der Waals surface area contributed by atoms with Crippen LogP contribution in [0.2, 0.25) is 0 Å². The Morgan fingerprint density at radius 1 is 1.28 bits per heavy atom. The molecule has 0 aromatic heterocycles. The zero-order valence-corrected chi connectivity index (χ0v) is 14.6. The summed E-state index contributed by atoms with van der Waals surface area (Å²) in [6.07, 6.45) is 1.02. The molecule has 1 aromatic carbocycles. The SMILES string of the molecule is CCNC(=NCC(=O)Nc1ccc(F)c(F)c1F)N1CCC(C)(C)C1. The van der Waals surface area contributed by atoms with Crippen LogP contribution in [0.3, 0.4) is 0 Å². The van der Waals surface area contributed by atoms with Gasteiger partial charge in [-0.25, -0.2) is 18.2 Å². The molecule has 0 unspecified atom stereocenters. The second-order valence-corrected chi connectivity index (χ2v) is 6.78. The number of hydrogen-bond acceptors (Lipinski definition) is 2. The summed E-state index contributed by atoms with van der Waals surface area (Å²) in [5, 5.41) is 5.33. The fourth-order valence-corrected chi connectivity index (χ4v) is 2.68. The van der Waals surface area contributed by atoms with Crippen LogP contribution in [0.5, 0.6) is 0 Å². The third kappa shape index (κ3) is 4.87. The number of nitrogens with zero attached hydrogens (tertiary/aromatic N) is 2. The lowest BCUT2D eigenvalue weighted by Crippen LogP contribution is -2.41. The zero-order chi connectivity index (χ0) is 18.6. The van der Waals surface area contributed by atoms with Crippen LogP contribution in [0.4, 0.5) is 18.9 Å². The van der Waals surface area contributed by atoms with Gasteiger partial charge in [-0.05, 0) is 30.9 Å². The van der Waals surface area contributed by atoms with Crippen LogP contribution < -0.4 is 10.6 Å². The van der Waals surface area contributed by atoms with Crippen molar-refractivity contribution in [3.05, 3.63) is 29.6 Å². The molecule has 5 nitrogen and oxygen atoms in total. The summed E-state index contributed by atoms with van der Waals surface area (Å²) < 4.78 is 39.7. The van der Waals surface area contributed by atoms with E-state index in [1.54, 1.807) is 0 Å². The lowest BCUT2D eigenvalue weighted by atomic mass is 9.93. The summed E-state index contributed by atoms with van der Waals surface area (Å²) in [5.74, 6) is -4.35. The number of amides is 1. The largest absolute Gasteiger partial charge is 0.357 e. The second kappa shape index (κ2) is 7.76. The molecule has 1 amide bonds. The van der Waals surface area contributed by atoms with Crippen molar-refractivity contribution in [3.8, 4) is 0 Å². The summed E-state index contributed by atoms with van der Waals surface area (Å²) in [5.41, 5.74) is -0.237. The number of benzene rings is 1. The van der Waals surface area contributed by atoms with Gasteiger partial charge in [0.2, 0.25) is 5.91 Å². The Bertz CT molecular complexity index is 676. The molecule has 2 N–H and O–H groups in total. The molecule has 1 saturated heterocycles. The van der Waals surface area contributed by atoms with Crippen LogP contribution in [0.25, 0.3) is 0 Å². The second-order valence-electron chi connectivity index (χ2n) is 6.78. The number of hydrogen-bond donors (Lipinski definition) is 2. The van der Waals surface area contributed by atoms with Crippen LogP contribution in [0, 0.1) is 22.9 Å². The Morgan fingerprint density at radius 2 is 2.00 bits per heavy atom. The maximum atomic E-state index is 13.6. The van der Waals surface area contributed by atoms with Gasteiger partial charge in [0.1, 0.15) is 6.54 Å². The number of aliphatic imine (C=N–C) groups is 1. The number of nitrogens with one attached hydrogen (secondary N) is 2. The number of halogens is 3. The lowest BCUT2D eigenvalue weighted by Gasteiger charge is -2.23. The van der Waals surface area contributed by atoms with Crippen molar-refractivity contribution in [2.24, 2.45) is 10.4 Å². The van der Waals surface area contributed by atoms with E-state index in [0.717, 1.165) is 31.6 Å². The van der Waals surface area contributed by atoms with Crippen molar-refractivity contribution in [1.82, 2.24) is 10.2 Å². The summed E-state index contributed by atoms with van der Waals surface area (Å²) >= 11 is 0. The maximum Gasteiger partial charge on any atom is 0.246 e. The predicted octanol–water partition coefficient (Wildman–Crippen LogP) is 2.74. The molecular formula is C17H23F3N4O. The maximum absolute atomic E-state index is 13.6. The molecule has 8 heteroatoms. The van der Waals surface area contributed by atoms with E-state index in [-0.39, 0.29) is 12.0 Å². The first-order valence-corrected chi connectivity index (χ1v) is 8.20. The number of carbonyl (C=O) groups is 1. The summed E-state index contributed by atoms with van der Waals surface area (Å²) in [7, 11) is 0. The molecule has 1 aromatic rings. The minimum absolute atomic E-state index is 0.174. The van der Waals surface area contributed by atoms with Gasteiger partial charge in [-0.15, -0.1) is 0 Å². The zero-order valence-electron chi connectivity index (χ0n) is 14.6. The van der Waals surface area contributed by atoms with Gasteiger partial charge < -0.3 is 15.5 Å². The first kappa shape index (κ1) is 19.1. The number of anilines is 1.